The normalized spacial score (nSPS) is 12.8. The molecule has 20 heavy (non-hydrogen) atoms. The molecule has 2 rings (SSSR count). The Kier molecular flexibility index (Phi) is 4.65. The van der Waals surface area contributed by atoms with Crippen LogP contribution in [0.2, 0.25) is 0 Å². The zero-order valence-corrected chi connectivity index (χ0v) is 12.8. The number of hydrogen-bond donors (Lipinski definition) is 1. The second kappa shape index (κ2) is 6.27. The number of benzene rings is 1. The van der Waals surface area contributed by atoms with Crippen LogP contribution in [-0.2, 0) is 10.5 Å². The Bertz CT molecular complexity index is 625. The zero-order chi connectivity index (χ0) is 14.7. The van der Waals surface area contributed by atoms with E-state index in [1.807, 2.05) is 45.0 Å². The summed E-state index contributed by atoms with van der Waals surface area (Å²) < 4.78 is 0. The summed E-state index contributed by atoms with van der Waals surface area (Å²) in [5, 5.41) is 9.99. The minimum Gasteiger partial charge on any atom is -0.480 e. The number of nitrogens with zero attached hydrogens (tertiary/aromatic N) is 1. The van der Waals surface area contributed by atoms with Gasteiger partial charge in [0.2, 0.25) is 0 Å². The number of aliphatic carboxylic acids is 1. The van der Waals surface area contributed by atoms with Crippen molar-refractivity contribution >= 4 is 28.6 Å². The van der Waals surface area contributed by atoms with Crippen molar-refractivity contribution in [2.24, 2.45) is 5.92 Å². The third kappa shape index (κ3) is 3.31. The highest BCUT2D eigenvalue weighted by atomic mass is 32.2. The Morgan fingerprint density at radius 2 is 2.05 bits per heavy atom. The summed E-state index contributed by atoms with van der Waals surface area (Å²) in [4.78, 5) is 15.8. The largest absolute Gasteiger partial charge is 0.480 e. The summed E-state index contributed by atoms with van der Waals surface area (Å²) in [6.45, 7) is 5.86. The highest BCUT2D eigenvalue weighted by Gasteiger charge is 2.22. The van der Waals surface area contributed by atoms with Crippen LogP contribution in [0.15, 0.2) is 30.3 Å². The van der Waals surface area contributed by atoms with Crippen LogP contribution in [0, 0.1) is 12.8 Å². The van der Waals surface area contributed by atoms with E-state index in [1.165, 1.54) is 11.8 Å². The lowest BCUT2D eigenvalue weighted by molar-refractivity contribution is -0.137. The van der Waals surface area contributed by atoms with Gasteiger partial charge in [-0.1, -0.05) is 32.0 Å². The third-order valence-electron chi connectivity index (χ3n) is 3.20. The smallest absolute Gasteiger partial charge is 0.316 e. The summed E-state index contributed by atoms with van der Waals surface area (Å²) in [5.41, 5.74) is 3.10. The molecule has 0 spiro atoms. The van der Waals surface area contributed by atoms with Gasteiger partial charge >= 0.3 is 5.97 Å². The summed E-state index contributed by atoms with van der Waals surface area (Å²) in [5.74, 6) is 0.0748. The predicted octanol–water partition coefficient (Wildman–Crippen LogP) is 3.89. The van der Waals surface area contributed by atoms with Crippen LogP contribution >= 0.6 is 11.8 Å². The maximum atomic E-state index is 11.3. The first-order valence-electron chi connectivity index (χ1n) is 6.68. The Balaban J connectivity index is 2.27. The van der Waals surface area contributed by atoms with Gasteiger partial charge in [-0.15, -0.1) is 11.8 Å². The van der Waals surface area contributed by atoms with Crippen molar-refractivity contribution in [1.82, 2.24) is 4.98 Å². The first-order valence-corrected chi connectivity index (χ1v) is 7.73. The SMILES string of the molecule is Cc1cc(CSC(C(=O)O)C(C)C)c2ccccc2n1. The van der Waals surface area contributed by atoms with Gasteiger partial charge in [0.15, 0.2) is 0 Å². The molecule has 0 aliphatic carbocycles. The van der Waals surface area contributed by atoms with Gasteiger partial charge in [-0.25, -0.2) is 0 Å². The second-order valence-corrected chi connectivity index (χ2v) is 6.38. The van der Waals surface area contributed by atoms with Gasteiger partial charge in [-0.3, -0.25) is 9.78 Å². The van der Waals surface area contributed by atoms with Gasteiger partial charge in [0.25, 0.3) is 0 Å². The molecule has 0 aliphatic rings. The van der Waals surface area contributed by atoms with Crippen LogP contribution in [0.25, 0.3) is 10.9 Å². The number of fused-ring (bicyclic) bond motifs is 1. The average molecular weight is 289 g/mol. The van der Waals surface area contributed by atoms with Gasteiger partial charge in [-0.2, -0.15) is 0 Å². The van der Waals surface area contributed by atoms with Crippen molar-refractivity contribution < 1.29 is 9.90 Å². The molecule has 0 fully saturated rings. The van der Waals surface area contributed by atoms with Crippen LogP contribution in [0.3, 0.4) is 0 Å². The van der Waals surface area contributed by atoms with Gasteiger partial charge in [0.05, 0.1) is 5.52 Å². The first-order chi connectivity index (χ1) is 9.49. The fourth-order valence-corrected chi connectivity index (χ4v) is 3.37. The number of aromatic nitrogens is 1. The second-order valence-electron chi connectivity index (χ2n) is 5.25. The summed E-state index contributed by atoms with van der Waals surface area (Å²) in [6.07, 6.45) is 0. The van der Waals surface area contributed by atoms with E-state index < -0.39 is 5.97 Å². The molecule has 0 radical (unpaired) electrons. The molecular weight excluding hydrogens is 270 g/mol. The van der Waals surface area contributed by atoms with E-state index in [2.05, 4.69) is 11.1 Å². The topological polar surface area (TPSA) is 50.2 Å². The van der Waals surface area contributed by atoms with Crippen LogP contribution in [0.5, 0.6) is 0 Å². The third-order valence-corrected chi connectivity index (χ3v) is 4.78. The van der Waals surface area contributed by atoms with Crippen molar-refractivity contribution in [2.75, 3.05) is 0 Å². The van der Waals surface area contributed by atoms with E-state index in [1.54, 1.807) is 0 Å². The fraction of sp³-hybridized carbons (Fsp3) is 0.375. The Hall–Kier alpha value is -1.55. The number of hydrogen-bond acceptors (Lipinski definition) is 3. The van der Waals surface area contributed by atoms with Crippen LogP contribution in [-0.4, -0.2) is 21.3 Å². The van der Waals surface area contributed by atoms with E-state index in [0.29, 0.717) is 5.75 Å². The van der Waals surface area contributed by atoms with Crippen molar-refractivity contribution in [3.8, 4) is 0 Å². The van der Waals surface area contributed by atoms with Crippen molar-refractivity contribution in [3.63, 3.8) is 0 Å². The molecular formula is C16H19NO2S. The average Bonchev–Trinajstić information content (AvgIpc) is 2.37. The maximum Gasteiger partial charge on any atom is 0.316 e. The minimum absolute atomic E-state index is 0.117. The van der Waals surface area contributed by atoms with E-state index in [9.17, 15) is 9.90 Å². The van der Waals surface area contributed by atoms with E-state index in [4.69, 9.17) is 0 Å². The monoisotopic (exact) mass is 289 g/mol. The number of pyridine rings is 1. The Labute approximate surface area is 123 Å². The molecule has 1 atom stereocenters. The highest BCUT2D eigenvalue weighted by molar-refractivity contribution is 7.99. The summed E-state index contributed by atoms with van der Waals surface area (Å²) in [7, 11) is 0. The van der Waals surface area contributed by atoms with Gasteiger partial charge in [0, 0.05) is 16.8 Å². The molecule has 0 saturated heterocycles. The van der Waals surface area contributed by atoms with Crippen molar-refractivity contribution in [3.05, 3.63) is 41.6 Å². The number of carboxylic acid groups (broad SMARTS) is 1. The van der Waals surface area contributed by atoms with Gasteiger partial charge in [0.1, 0.15) is 5.25 Å². The lowest BCUT2D eigenvalue weighted by Crippen LogP contribution is -2.22. The molecule has 1 N–H and O–H groups in total. The standard InChI is InChI=1S/C16H19NO2S/c1-10(2)15(16(18)19)20-9-12-8-11(3)17-14-7-5-4-6-13(12)14/h4-8,10,15H,9H2,1-3H3,(H,18,19). The first kappa shape index (κ1) is 14.9. The summed E-state index contributed by atoms with van der Waals surface area (Å²) >= 11 is 1.49. The van der Waals surface area contributed by atoms with E-state index >= 15 is 0 Å². The fourth-order valence-electron chi connectivity index (χ4n) is 2.24. The summed E-state index contributed by atoms with van der Waals surface area (Å²) in [6, 6.07) is 10.1. The van der Waals surface area contributed by atoms with Crippen LogP contribution < -0.4 is 0 Å². The quantitative estimate of drug-likeness (QED) is 0.907. The molecule has 4 heteroatoms. The zero-order valence-electron chi connectivity index (χ0n) is 12.0. The Morgan fingerprint density at radius 3 is 2.70 bits per heavy atom. The van der Waals surface area contributed by atoms with Crippen molar-refractivity contribution in [2.45, 2.75) is 31.8 Å². The molecule has 0 aliphatic heterocycles. The van der Waals surface area contributed by atoms with Gasteiger partial charge < -0.3 is 5.11 Å². The Morgan fingerprint density at radius 1 is 1.35 bits per heavy atom. The highest BCUT2D eigenvalue weighted by Crippen LogP contribution is 2.28. The lowest BCUT2D eigenvalue weighted by atomic mass is 10.1. The van der Waals surface area contributed by atoms with E-state index in [0.717, 1.165) is 22.2 Å². The molecule has 2 aromatic rings. The van der Waals surface area contributed by atoms with E-state index in [-0.39, 0.29) is 11.2 Å². The van der Waals surface area contributed by atoms with Crippen LogP contribution in [0.1, 0.15) is 25.1 Å². The molecule has 3 nitrogen and oxygen atoms in total. The van der Waals surface area contributed by atoms with Crippen molar-refractivity contribution in [1.29, 1.82) is 0 Å². The maximum absolute atomic E-state index is 11.3. The van der Waals surface area contributed by atoms with Crippen LogP contribution in [0.4, 0.5) is 0 Å². The molecule has 0 amide bonds. The number of thioether (sulfide) groups is 1. The number of rotatable bonds is 5. The predicted molar refractivity (Wildman–Crippen MR) is 84.0 cm³/mol. The number of carboxylic acids is 1. The lowest BCUT2D eigenvalue weighted by Gasteiger charge is -2.16. The minimum atomic E-state index is -0.736. The molecule has 1 aromatic carbocycles. The number of para-hydroxylation sites is 1. The molecule has 106 valence electrons. The number of carbonyl (C=O) groups is 1. The molecule has 1 aromatic heterocycles. The molecule has 0 bridgehead atoms. The van der Waals surface area contributed by atoms with Gasteiger partial charge in [-0.05, 0) is 30.5 Å². The number of aryl methyl sites for hydroxylation is 1. The molecule has 1 unspecified atom stereocenters. The molecule has 1 heterocycles. The molecule has 0 saturated carbocycles.